The molecule has 0 saturated heterocycles. The lowest BCUT2D eigenvalue weighted by Crippen LogP contribution is -2.03. The number of aromatic carboxylic acids is 1. The Bertz CT molecular complexity index is 633. The first-order chi connectivity index (χ1) is 7.03. The fourth-order valence-electron chi connectivity index (χ4n) is 0.820. The van der Waals surface area contributed by atoms with E-state index in [1.807, 2.05) is 0 Å². The summed E-state index contributed by atoms with van der Waals surface area (Å²) in [5.74, 6) is -1.74. The molecule has 3 N–H and O–H groups in total. The van der Waals surface area contributed by atoms with Crippen LogP contribution >= 0.6 is 11.3 Å². The van der Waals surface area contributed by atoms with E-state index in [0.717, 1.165) is 0 Å². The summed E-state index contributed by atoms with van der Waals surface area (Å²) in [5.41, 5.74) is -0.917. The average molecular weight is 288 g/mol. The number of thiophene rings is 1. The third-order valence-corrected chi connectivity index (χ3v) is 5.20. The van der Waals surface area contributed by atoms with Gasteiger partial charge in [0, 0.05) is 0 Å². The van der Waals surface area contributed by atoms with Crippen LogP contribution < -0.4 is 0 Å². The fraction of sp³-hybridized carbons (Fsp3) is 0. The monoisotopic (exact) mass is 288 g/mol. The molecule has 1 aromatic rings. The first kappa shape index (κ1) is 13.1. The van der Waals surface area contributed by atoms with Gasteiger partial charge in [-0.25, -0.2) is 4.79 Å². The smallest absolute Gasteiger partial charge is 0.338 e. The first-order valence-electron chi connectivity index (χ1n) is 3.35. The van der Waals surface area contributed by atoms with Crippen LogP contribution in [-0.4, -0.2) is 37.0 Å². The maximum Gasteiger partial charge on any atom is 0.338 e. The average Bonchev–Trinajstić information content (AvgIpc) is 2.44. The van der Waals surface area contributed by atoms with E-state index in [9.17, 15) is 21.6 Å². The molecular formula is C5H4O8S3. The number of hydrogen-bond acceptors (Lipinski definition) is 6. The molecule has 0 atom stereocenters. The molecule has 0 spiro atoms. The van der Waals surface area contributed by atoms with Crippen LogP contribution in [0, 0.1) is 0 Å². The van der Waals surface area contributed by atoms with Crippen molar-refractivity contribution in [1.82, 2.24) is 0 Å². The number of carboxylic acid groups (broad SMARTS) is 1. The van der Waals surface area contributed by atoms with Gasteiger partial charge in [-0.3, -0.25) is 9.11 Å². The summed E-state index contributed by atoms with van der Waals surface area (Å²) < 4.78 is 58.0. The molecule has 0 aliphatic rings. The summed E-state index contributed by atoms with van der Waals surface area (Å²) in [7, 11) is -9.57. The van der Waals surface area contributed by atoms with Crippen molar-refractivity contribution in [3.8, 4) is 0 Å². The maximum absolute atomic E-state index is 10.7. The molecule has 0 bridgehead atoms. The Morgan fingerprint density at radius 1 is 1.12 bits per heavy atom. The van der Waals surface area contributed by atoms with Gasteiger partial charge < -0.3 is 5.11 Å². The summed E-state index contributed by atoms with van der Waals surface area (Å²) in [4.78, 5) is 10.6. The second kappa shape index (κ2) is 3.78. The van der Waals surface area contributed by atoms with Gasteiger partial charge in [0.05, 0.1) is 5.56 Å². The van der Waals surface area contributed by atoms with E-state index >= 15 is 0 Å². The molecule has 0 saturated carbocycles. The van der Waals surface area contributed by atoms with E-state index in [1.165, 1.54) is 0 Å². The summed E-state index contributed by atoms with van der Waals surface area (Å²) in [5, 5.41) is 8.56. The summed E-state index contributed by atoms with van der Waals surface area (Å²) in [6, 6.07) is 0.450. The van der Waals surface area contributed by atoms with E-state index in [0.29, 0.717) is 6.07 Å². The van der Waals surface area contributed by atoms with Gasteiger partial charge in [0.15, 0.2) is 4.21 Å². The second-order valence-electron chi connectivity index (χ2n) is 2.52. The summed E-state index contributed by atoms with van der Waals surface area (Å²) >= 11 is -0.0550. The van der Waals surface area contributed by atoms with Gasteiger partial charge in [-0.1, -0.05) is 0 Å². The molecule has 0 aromatic carbocycles. The predicted octanol–water partition coefficient (Wildman–Crippen LogP) is -0.0603. The van der Waals surface area contributed by atoms with Crippen LogP contribution in [0.25, 0.3) is 0 Å². The molecule has 1 heterocycles. The molecule has 1 aromatic heterocycles. The minimum Gasteiger partial charge on any atom is -0.478 e. The van der Waals surface area contributed by atoms with Crippen molar-refractivity contribution in [3.63, 3.8) is 0 Å². The highest BCUT2D eigenvalue weighted by Gasteiger charge is 2.28. The first-order valence-corrected chi connectivity index (χ1v) is 7.05. The normalized spacial score (nSPS) is 12.6. The largest absolute Gasteiger partial charge is 0.478 e. The third kappa shape index (κ3) is 2.56. The Kier molecular flexibility index (Phi) is 3.08. The van der Waals surface area contributed by atoms with Crippen molar-refractivity contribution in [3.05, 3.63) is 11.6 Å². The van der Waals surface area contributed by atoms with Crippen molar-refractivity contribution in [2.45, 2.75) is 8.42 Å². The summed E-state index contributed by atoms with van der Waals surface area (Å²) in [6.45, 7) is 0. The van der Waals surface area contributed by atoms with Gasteiger partial charge in [-0.05, 0) is 6.07 Å². The van der Waals surface area contributed by atoms with Crippen molar-refractivity contribution < 1.29 is 35.8 Å². The topological polar surface area (TPSA) is 146 Å². The number of carbonyl (C=O) groups is 1. The molecule has 8 nitrogen and oxygen atoms in total. The molecule has 0 aliphatic carbocycles. The van der Waals surface area contributed by atoms with Crippen molar-refractivity contribution >= 4 is 37.5 Å². The Hall–Kier alpha value is -1.01. The lowest BCUT2D eigenvalue weighted by Gasteiger charge is -1.92. The number of rotatable bonds is 3. The zero-order chi connectivity index (χ0) is 12.7. The van der Waals surface area contributed by atoms with E-state index in [2.05, 4.69) is 0 Å². The lowest BCUT2D eigenvalue weighted by atomic mass is 10.3. The lowest BCUT2D eigenvalue weighted by molar-refractivity contribution is 0.0693. The van der Waals surface area contributed by atoms with Crippen LogP contribution in [0.1, 0.15) is 10.4 Å². The minimum absolute atomic E-state index is 0.0550. The maximum atomic E-state index is 10.7. The van der Waals surface area contributed by atoms with Gasteiger partial charge in [0.2, 0.25) is 0 Å². The zero-order valence-corrected chi connectivity index (χ0v) is 9.63. The molecule has 0 amide bonds. The molecule has 1 rings (SSSR count). The molecule has 0 radical (unpaired) electrons. The molecule has 11 heteroatoms. The van der Waals surface area contributed by atoms with Crippen LogP contribution in [0.2, 0.25) is 0 Å². The minimum atomic E-state index is -4.86. The van der Waals surface area contributed by atoms with Gasteiger partial charge in [-0.15, -0.1) is 11.3 Å². The van der Waals surface area contributed by atoms with Gasteiger partial charge in [0.1, 0.15) is 4.21 Å². The Labute approximate surface area is 93.6 Å². The standard InChI is InChI=1S/C5H4O8S3/c6-4(7)2-1-3(15(8,9)10)14-5(2)16(11,12)13/h1H,(H,6,7)(H,8,9,10)(H,11,12,13). The number of carboxylic acids is 1. The van der Waals surface area contributed by atoms with Crippen LogP contribution in [0.5, 0.6) is 0 Å². The van der Waals surface area contributed by atoms with Gasteiger partial charge in [-0.2, -0.15) is 16.8 Å². The van der Waals surface area contributed by atoms with Crippen LogP contribution in [-0.2, 0) is 20.2 Å². The second-order valence-corrected chi connectivity index (χ2v) is 6.84. The summed E-state index contributed by atoms with van der Waals surface area (Å²) in [6.07, 6.45) is 0. The Morgan fingerprint density at radius 2 is 1.62 bits per heavy atom. The molecule has 16 heavy (non-hydrogen) atoms. The number of hydrogen-bond donors (Lipinski definition) is 3. The van der Waals surface area contributed by atoms with E-state index in [-0.39, 0.29) is 11.3 Å². The van der Waals surface area contributed by atoms with Gasteiger partial charge in [0.25, 0.3) is 0 Å². The van der Waals surface area contributed by atoms with E-state index in [1.54, 1.807) is 0 Å². The van der Waals surface area contributed by atoms with Crippen molar-refractivity contribution in [2.75, 3.05) is 0 Å². The van der Waals surface area contributed by atoms with Crippen molar-refractivity contribution in [1.29, 1.82) is 0 Å². The van der Waals surface area contributed by atoms with Crippen LogP contribution in [0.4, 0.5) is 0 Å². The molecule has 0 unspecified atom stereocenters. The van der Waals surface area contributed by atoms with Gasteiger partial charge >= 0.3 is 26.2 Å². The SMILES string of the molecule is O=C(O)c1cc(S(=O)(=O)O)sc1S(=O)(=O)O. The zero-order valence-electron chi connectivity index (χ0n) is 7.18. The predicted molar refractivity (Wildman–Crippen MR) is 50.9 cm³/mol. The highest BCUT2D eigenvalue weighted by atomic mass is 32.3. The Morgan fingerprint density at radius 3 is 1.88 bits per heavy atom. The molecule has 0 fully saturated rings. The molecule has 0 aliphatic heterocycles. The van der Waals surface area contributed by atoms with Crippen molar-refractivity contribution in [2.24, 2.45) is 0 Å². The van der Waals surface area contributed by atoms with E-state index < -0.39 is 40.2 Å². The van der Waals surface area contributed by atoms with Crippen LogP contribution in [0.3, 0.4) is 0 Å². The third-order valence-electron chi connectivity index (χ3n) is 1.39. The fourth-order valence-corrected chi connectivity index (χ4v) is 3.65. The molecule has 90 valence electrons. The quantitative estimate of drug-likeness (QED) is 0.655. The van der Waals surface area contributed by atoms with E-state index in [4.69, 9.17) is 14.2 Å². The molecular weight excluding hydrogens is 284 g/mol. The highest BCUT2D eigenvalue weighted by molar-refractivity contribution is 7.90. The highest BCUT2D eigenvalue weighted by Crippen LogP contribution is 2.30. The Balaban J connectivity index is 3.64. The van der Waals surface area contributed by atoms with Crippen LogP contribution in [0.15, 0.2) is 14.5 Å².